The molecule has 4 nitrogen and oxygen atoms in total. The molecule has 3 N–H and O–H groups in total. The minimum atomic E-state index is -0.227. The molecule has 0 saturated heterocycles. The molecule has 0 aliphatic heterocycles. The second-order valence-electron chi connectivity index (χ2n) is 3.66. The van der Waals surface area contributed by atoms with Crippen LogP contribution in [0.4, 0.5) is 5.69 Å². The number of ether oxygens (including phenoxy) is 1. The van der Waals surface area contributed by atoms with Crippen LogP contribution < -0.4 is 11.1 Å². The summed E-state index contributed by atoms with van der Waals surface area (Å²) in [5.41, 5.74) is 6.28. The van der Waals surface area contributed by atoms with Gasteiger partial charge in [-0.25, -0.2) is 0 Å². The Kier molecular flexibility index (Phi) is 6.25. The van der Waals surface area contributed by atoms with Gasteiger partial charge in [-0.3, -0.25) is 4.79 Å². The van der Waals surface area contributed by atoms with E-state index in [2.05, 4.69) is 5.32 Å². The summed E-state index contributed by atoms with van der Waals surface area (Å²) in [4.78, 5) is 11.8. The van der Waals surface area contributed by atoms with Crippen LogP contribution in [-0.4, -0.2) is 25.7 Å². The predicted octanol–water partition coefficient (Wildman–Crippen LogP) is 2.73. The zero-order valence-electron chi connectivity index (χ0n) is 10.1. The van der Waals surface area contributed by atoms with E-state index in [-0.39, 0.29) is 21.6 Å². The van der Waals surface area contributed by atoms with E-state index in [1.165, 1.54) is 12.1 Å². The highest BCUT2D eigenvalue weighted by molar-refractivity contribution is 6.39. The molecule has 0 spiro atoms. The minimum absolute atomic E-state index is 0.227. The molecule has 0 aromatic heterocycles. The van der Waals surface area contributed by atoms with Crippen molar-refractivity contribution in [2.24, 2.45) is 0 Å². The summed E-state index contributed by atoms with van der Waals surface area (Å²) in [6.07, 6.45) is 0.760. The molecule has 0 aliphatic rings. The van der Waals surface area contributed by atoms with Crippen molar-refractivity contribution in [2.75, 3.05) is 25.5 Å². The van der Waals surface area contributed by atoms with Crippen LogP contribution >= 0.6 is 23.2 Å². The van der Waals surface area contributed by atoms with Gasteiger partial charge >= 0.3 is 0 Å². The molecular weight excluding hydrogens is 275 g/mol. The van der Waals surface area contributed by atoms with Crippen LogP contribution in [0.5, 0.6) is 0 Å². The number of hydrogen-bond acceptors (Lipinski definition) is 3. The third-order valence-corrected chi connectivity index (χ3v) is 2.92. The molecule has 0 aliphatic carbocycles. The highest BCUT2D eigenvalue weighted by Gasteiger charge is 2.10. The van der Waals surface area contributed by atoms with Crippen molar-refractivity contribution in [3.05, 3.63) is 27.7 Å². The third-order valence-electron chi connectivity index (χ3n) is 2.30. The number of hydrogen-bond donors (Lipinski definition) is 2. The molecule has 0 radical (unpaired) electrons. The van der Waals surface area contributed by atoms with Crippen LogP contribution in [0.2, 0.25) is 10.0 Å². The fourth-order valence-corrected chi connectivity index (χ4v) is 1.83. The smallest absolute Gasteiger partial charge is 0.251 e. The molecule has 18 heavy (non-hydrogen) atoms. The monoisotopic (exact) mass is 290 g/mol. The van der Waals surface area contributed by atoms with Crippen LogP contribution in [0.15, 0.2) is 12.1 Å². The van der Waals surface area contributed by atoms with E-state index in [1.807, 2.05) is 6.92 Å². The second-order valence-corrected chi connectivity index (χ2v) is 4.47. The van der Waals surface area contributed by atoms with Gasteiger partial charge in [0.25, 0.3) is 5.91 Å². The molecular formula is C12H16Cl2N2O2. The lowest BCUT2D eigenvalue weighted by Crippen LogP contribution is -2.25. The number of nitrogen functional groups attached to an aromatic ring is 1. The van der Waals surface area contributed by atoms with Crippen LogP contribution in [-0.2, 0) is 4.74 Å². The minimum Gasteiger partial charge on any atom is -0.396 e. The van der Waals surface area contributed by atoms with Crippen molar-refractivity contribution in [1.82, 2.24) is 5.32 Å². The van der Waals surface area contributed by atoms with Gasteiger partial charge in [0.15, 0.2) is 0 Å². The van der Waals surface area contributed by atoms with Gasteiger partial charge in [0.2, 0.25) is 0 Å². The third kappa shape index (κ3) is 4.37. The number of halogens is 2. The highest BCUT2D eigenvalue weighted by Crippen LogP contribution is 2.28. The summed E-state index contributed by atoms with van der Waals surface area (Å²) in [6, 6.07) is 3.00. The molecule has 0 heterocycles. The summed E-state index contributed by atoms with van der Waals surface area (Å²) in [5, 5.41) is 3.31. The number of carbonyl (C=O) groups is 1. The normalized spacial score (nSPS) is 10.4. The maximum Gasteiger partial charge on any atom is 0.251 e. The number of nitrogens with two attached hydrogens (primary N) is 1. The van der Waals surface area contributed by atoms with E-state index in [1.54, 1.807) is 0 Å². The summed E-state index contributed by atoms with van der Waals surface area (Å²) in [6.45, 7) is 3.77. The van der Waals surface area contributed by atoms with Gasteiger partial charge < -0.3 is 15.8 Å². The van der Waals surface area contributed by atoms with Gasteiger partial charge in [-0.1, -0.05) is 23.2 Å². The molecule has 100 valence electrons. The molecule has 0 unspecified atom stereocenters. The first-order chi connectivity index (χ1) is 8.56. The summed E-state index contributed by atoms with van der Waals surface area (Å²) < 4.78 is 5.16. The zero-order valence-corrected chi connectivity index (χ0v) is 11.6. The van der Waals surface area contributed by atoms with Crippen molar-refractivity contribution in [1.29, 1.82) is 0 Å². The van der Waals surface area contributed by atoms with E-state index >= 15 is 0 Å². The maximum atomic E-state index is 11.8. The Labute approximate surface area is 116 Å². The highest BCUT2D eigenvalue weighted by atomic mass is 35.5. The maximum absolute atomic E-state index is 11.8. The van der Waals surface area contributed by atoms with Crippen LogP contribution in [0, 0.1) is 0 Å². The molecule has 0 saturated carbocycles. The van der Waals surface area contributed by atoms with Gasteiger partial charge in [0.1, 0.15) is 0 Å². The lowest BCUT2D eigenvalue weighted by Gasteiger charge is -2.08. The van der Waals surface area contributed by atoms with Gasteiger partial charge in [-0.15, -0.1) is 0 Å². The van der Waals surface area contributed by atoms with Crippen LogP contribution in [0.3, 0.4) is 0 Å². The molecule has 1 aromatic carbocycles. The molecule has 1 rings (SSSR count). The Morgan fingerprint density at radius 1 is 1.39 bits per heavy atom. The molecule has 1 aromatic rings. The first-order valence-corrected chi connectivity index (χ1v) is 6.42. The van der Waals surface area contributed by atoms with Crippen molar-refractivity contribution < 1.29 is 9.53 Å². The Morgan fingerprint density at radius 3 is 2.56 bits per heavy atom. The largest absolute Gasteiger partial charge is 0.396 e. The number of carbonyl (C=O) groups excluding carboxylic acids is 1. The number of nitrogens with one attached hydrogen (secondary N) is 1. The Morgan fingerprint density at radius 2 is 2.00 bits per heavy atom. The van der Waals surface area contributed by atoms with Crippen molar-refractivity contribution in [3.63, 3.8) is 0 Å². The average molecular weight is 291 g/mol. The fourth-order valence-electron chi connectivity index (χ4n) is 1.34. The van der Waals surface area contributed by atoms with E-state index in [9.17, 15) is 4.79 Å². The van der Waals surface area contributed by atoms with Gasteiger partial charge in [0.05, 0.1) is 15.7 Å². The van der Waals surface area contributed by atoms with Gasteiger partial charge in [-0.2, -0.15) is 0 Å². The Hall–Kier alpha value is -0.970. The van der Waals surface area contributed by atoms with Gasteiger partial charge in [0, 0.05) is 25.3 Å². The van der Waals surface area contributed by atoms with E-state index in [4.69, 9.17) is 33.7 Å². The van der Waals surface area contributed by atoms with Crippen molar-refractivity contribution in [3.8, 4) is 0 Å². The SMILES string of the molecule is CCOCCCNC(=O)c1cc(Cl)c(N)c(Cl)c1. The molecule has 6 heteroatoms. The zero-order chi connectivity index (χ0) is 13.5. The number of rotatable bonds is 6. The topological polar surface area (TPSA) is 64.3 Å². The summed E-state index contributed by atoms with van der Waals surface area (Å²) in [5.74, 6) is -0.227. The second kappa shape index (κ2) is 7.46. The fraction of sp³-hybridized carbons (Fsp3) is 0.417. The number of amides is 1. The van der Waals surface area contributed by atoms with Crippen LogP contribution in [0.25, 0.3) is 0 Å². The Balaban J connectivity index is 2.52. The van der Waals surface area contributed by atoms with Crippen LogP contribution in [0.1, 0.15) is 23.7 Å². The van der Waals surface area contributed by atoms with Gasteiger partial charge in [-0.05, 0) is 25.5 Å². The van der Waals surface area contributed by atoms with E-state index in [0.29, 0.717) is 25.3 Å². The lowest BCUT2D eigenvalue weighted by molar-refractivity contribution is 0.0944. The first kappa shape index (κ1) is 15.1. The number of benzene rings is 1. The summed E-state index contributed by atoms with van der Waals surface area (Å²) in [7, 11) is 0. The average Bonchev–Trinajstić information content (AvgIpc) is 2.34. The van der Waals surface area contributed by atoms with Crippen molar-refractivity contribution >= 4 is 34.8 Å². The standard InChI is InChI=1S/C12H16Cl2N2O2/c1-2-18-5-3-4-16-12(17)8-6-9(13)11(15)10(14)7-8/h6-7H,2-5,15H2,1H3,(H,16,17). The summed E-state index contributed by atoms with van der Waals surface area (Å²) >= 11 is 11.7. The molecule has 0 bridgehead atoms. The van der Waals surface area contributed by atoms with E-state index < -0.39 is 0 Å². The number of anilines is 1. The van der Waals surface area contributed by atoms with Crippen molar-refractivity contribution in [2.45, 2.75) is 13.3 Å². The molecule has 0 fully saturated rings. The quantitative estimate of drug-likeness (QED) is 0.625. The Bertz CT molecular complexity index is 402. The lowest BCUT2D eigenvalue weighted by atomic mass is 10.2. The molecule has 1 amide bonds. The first-order valence-electron chi connectivity index (χ1n) is 5.66. The molecule has 0 atom stereocenters. The predicted molar refractivity (Wildman–Crippen MR) is 74.3 cm³/mol. The van der Waals surface area contributed by atoms with E-state index in [0.717, 1.165) is 6.42 Å².